The quantitative estimate of drug-likeness (QED) is 0.851. The van der Waals surface area contributed by atoms with Crippen molar-refractivity contribution >= 4 is 34.7 Å². The lowest BCUT2D eigenvalue weighted by molar-refractivity contribution is 0.210. The van der Waals surface area contributed by atoms with Gasteiger partial charge in [0.25, 0.3) is 0 Å². The molecule has 4 nitrogen and oxygen atoms in total. The lowest BCUT2D eigenvalue weighted by Crippen LogP contribution is -2.44. The van der Waals surface area contributed by atoms with Crippen LogP contribution in [0.3, 0.4) is 0 Å². The lowest BCUT2D eigenvalue weighted by atomic mass is 10.1. The summed E-state index contributed by atoms with van der Waals surface area (Å²) in [6, 6.07) is 7.96. The molecule has 0 atom stereocenters. The molecule has 2 heterocycles. The summed E-state index contributed by atoms with van der Waals surface area (Å²) in [6.45, 7) is 1.15. The Kier molecular flexibility index (Phi) is 3.16. The van der Waals surface area contributed by atoms with Gasteiger partial charge >= 0.3 is 6.03 Å². The molecule has 0 bridgehead atoms. The fraction of sp³-hybridized carbons (Fsp3) is 0.231. The number of aromatic nitrogens is 1. The monoisotopic (exact) mass is 293 g/mol. The molecule has 1 aliphatic heterocycles. The first-order valence-electron chi connectivity index (χ1n) is 5.86. The Morgan fingerprint density at radius 3 is 2.95 bits per heavy atom. The number of hydrogen-bond acceptors (Lipinski definition) is 3. The molecule has 0 saturated heterocycles. The number of carbonyl (C=O) groups is 1. The van der Waals surface area contributed by atoms with Crippen LogP contribution in [-0.4, -0.2) is 23.0 Å². The van der Waals surface area contributed by atoms with E-state index in [2.05, 4.69) is 4.98 Å². The SMILES string of the molecule is CN1Cc2ccccc2N(Cc2cnc(Cl)s2)C1=O. The van der Waals surface area contributed by atoms with Gasteiger partial charge < -0.3 is 4.90 Å². The molecule has 2 amide bonds. The molecule has 2 aromatic rings. The molecule has 0 aliphatic carbocycles. The van der Waals surface area contributed by atoms with Crippen LogP contribution in [0.5, 0.6) is 0 Å². The zero-order valence-corrected chi connectivity index (χ0v) is 11.9. The Balaban J connectivity index is 1.96. The highest BCUT2D eigenvalue weighted by molar-refractivity contribution is 7.15. The summed E-state index contributed by atoms with van der Waals surface area (Å²) in [4.78, 5) is 20.8. The highest BCUT2D eigenvalue weighted by Gasteiger charge is 2.28. The molecule has 3 rings (SSSR count). The molecule has 1 aliphatic rings. The summed E-state index contributed by atoms with van der Waals surface area (Å²) in [5.41, 5.74) is 2.12. The minimum atomic E-state index is 0.00298. The van der Waals surface area contributed by atoms with E-state index in [0.29, 0.717) is 17.6 Å². The van der Waals surface area contributed by atoms with E-state index in [1.807, 2.05) is 31.3 Å². The number of halogens is 1. The third-order valence-electron chi connectivity index (χ3n) is 3.09. The largest absolute Gasteiger partial charge is 0.324 e. The van der Waals surface area contributed by atoms with Crippen molar-refractivity contribution in [3.8, 4) is 0 Å². The summed E-state index contributed by atoms with van der Waals surface area (Å²) in [7, 11) is 1.81. The number of para-hydroxylation sites is 1. The van der Waals surface area contributed by atoms with Crippen LogP contribution in [0.1, 0.15) is 10.4 Å². The zero-order chi connectivity index (χ0) is 13.4. The lowest BCUT2D eigenvalue weighted by Gasteiger charge is -2.34. The van der Waals surface area contributed by atoms with E-state index in [1.165, 1.54) is 11.3 Å². The normalized spacial score (nSPS) is 14.7. The van der Waals surface area contributed by atoms with Gasteiger partial charge in [0.2, 0.25) is 0 Å². The van der Waals surface area contributed by atoms with Crippen molar-refractivity contribution in [3.05, 3.63) is 45.4 Å². The van der Waals surface area contributed by atoms with Crippen LogP contribution in [-0.2, 0) is 13.1 Å². The molecule has 98 valence electrons. The number of thiazole rings is 1. The summed E-state index contributed by atoms with van der Waals surface area (Å²) in [6.07, 6.45) is 1.72. The van der Waals surface area contributed by atoms with Crippen LogP contribution in [0.15, 0.2) is 30.5 Å². The van der Waals surface area contributed by atoms with Crippen molar-refractivity contribution in [1.82, 2.24) is 9.88 Å². The van der Waals surface area contributed by atoms with Gasteiger partial charge in [0, 0.05) is 24.7 Å². The first-order valence-corrected chi connectivity index (χ1v) is 7.05. The van der Waals surface area contributed by atoms with Crippen molar-refractivity contribution in [1.29, 1.82) is 0 Å². The number of benzene rings is 1. The molecular formula is C13H12ClN3OS. The van der Waals surface area contributed by atoms with Gasteiger partial charge in [-0.1, -0.05) is 29.8 Å². The topological polar surface area (TPSA) is 36.4 Å². The molecule has 1 aromatic heterocycles. The molecule has 0 N–H and O–H groups in total. The maximum Gasteiger partial charge on any atom is 0.324 e. The number of anilines is 1. The number of carbonyl (C=O) groups excluding carboxylic acids is 1. The zero-order valence-electron chi connectivity index (χ0n) is 10.3. The Bertz CT molecular complexity index is 628. The number of hydrogen-bond donors (Lipinski definition) is 0. The highest BCUT2D eigenvalue weighted by Crippen LogP contribution is 2.30. The molecular weight excluding hydrogens is 282 g/mol. The number of amides is 2. The van der Waals surface area contributed by atoms with E-state index < -0.39 is 0 Å². The third kappa shape index (κ3) is 2.31. The van der Waals surface area contributed by atoms with Crippen LogP contribution in [0.2, 0.25) is 4.47 Å². The van der Waals surface area contributed by atoms with Crippen LogP contribution in [0, 0.1) is 0 Å². The Morgan fingerprint density at radius 2 is 2.21 bits per heavy atom. The summed E-state index contributed by atoms with van der Waals surface area (Å²) in [5.74, 6) is 0. The molecule has 0 spiro atoms. The third-order valence-corrected chi connectivity index (χ3v) is 4.19. The number of fused-ring (bicyclic) bond motifs is 1. The average molecular weight is 294 g/mol. The Morgan fingerprint density at radius 1 is 1.42 bits per heavy atom. The van der Waals surface area contributed by atoms with Gasteiger partial charge in [0.1, 0.15) is 0 Å². The van der Waals surface area contributed by atoms with E-state index >= 15 is 0 Å². The molecule has 0 fully saturated rings. The number of urea groups is 1. The molecule has 6 heteroatoms. The Hall–Kier alpha value is -1.59. The van der Waals surface area contributed by atoms with Crippen LogP contribution < -0.4 is 4.90 Å². The van der Waals surface area contributed by atoms with Crippen molar-refractivity contribution in [2.45, 2.75) is 13.1 Å². The van der Waals surface area contributed by atoms with Crippen molar-refractivity contribution in [2.24, 2.45) is 0 Å². The predicted octanol–water partition coefficient (Wildman–Crippen LogP) is 3.37. The molecule has 1 aromatic carbocycles. The van der Waals surface area contributed by atoms with Gasteiger partial charge in [-0.25, -0.2) is 9.78 Å². The van der Waals surface area contributed by atoms with Crippen LogP contribution in [0.25, 0.3) is 0 Å². The van der Waals surface area contributed by atoms with Gasteiger partial charge in [-0.05, 0) is 11.6 Å². The first kappa shape index (κ1) is 12.4. The van der Waals surface area contributed by atoms with Crippen molar-refractivity contribution in [3.63, 3.8) is 0 Å². The standard InChI is InChI=1S/C13H12ClN3OS/c1-16-7-9-4-2-3-5-11(9)17(13(16)18)8-10-6-15-12(14)19-10/h2-6H,7-8H2,1H3. The average Bonchev–Trinajstić information content (AvgIpc) is 2.80. The van der Waals surface area contributed by atoms with Crippen molar-refractivity contribution in [2.75, 3.05) is 11.9 Å². The number of nitrogens with zero attached hydrogens (tertiary/aromatic N) is 3. The maximum atomic E-state index is 12.3. The van der Waals surface area contributed by atoms with E-state index in [0.717, 1.165) is 16.1 Å². The van der Waals surface area contributed by atoms with E-state index in [4.69, 9.17) is 11.6 Å². The van der Waals surface area contributed by atoms with Crippen molar-refractivity contribution < 1.29 is 4.79 Å². The van der Waals surface area contributed by atoms with Gasteiger partial charge in [-0.3, -0.25) is 4.90 Å². The minimum Gasteiger partial charge on any atom is -0.323 e. The fourth-order valence-corrected chi connectivity index (χ4v) is 3.17. The van der Waals surface area contributed by atoms with E-state index in [-0.39, 0.29) is 6.03 Å². The fourth-order valence-electron chi connectivity index (χ4n) is 2.21. The minimum absolute atomic E-state index is 0.00298. The predicted molar refractivity (Wildman–Crippen MR) is 76.6 cm³/mol. The Labute approximate surface area is 120 Å². The van der Waals surface area contributed by atoms with Gasteiger partial charge in [0.05, 0.1) is 12.2 Å². The van der Waals surface area contributed by atoms with Gasteiger partial charge in [-0.2, -0.15) is 0 Å². The van der Waals surface area contributed by atoms with Gasteiger partial charge in [0.15, 0.2) is 4.47 Å². The van der Waals surface area contributed by atoms with E-state index in [1.54, 1.807) is 16.0 Å². The molecule has 19 heavy (non-hydrogen) atoms. The second-order valence-electron chi connectivity index (χ2n) is 4.43. The van der Waals surface area contributed by atoms with E-state index in [9.17, 15) is 4.79 Å². The maximum absolute atomic E-state index is 12.3. The highest BCUT2D eigenvalue weighted by atomic mass is 35.5. The molecule has 0 unspecified atom stereocenters. The second kappa shape index (κ2) is 4.83. The number of rotatable bonds is 2. The second-order valence-corrected chi connectivity index (χ2v) is 6.13. The first-order chi connectivity index (χ1) is 9.15. The summed E-state index contributed by atoms with van der Waals surface area (Å²) in [5, 5.41) is 0. The van der Waals surface area contributed by atoms with Gasteiger partial charge in [-0.15, -0.1) is 11.3 Å². The van der Waals surface area contributed by atoms with Crippen LogP contribution in [0.4, 0.5) is 10.5 Å². The summed E-state index contributed by atoms with van der Waals surface area (Å²) < 4.78 is 0.501. The summed E-state index contributed by atoms with van der Waals surface area (Å²) >= 11 is 7.24. The molecule has 0 saturated carbocycles. The van der Waals surface area contributed by atoms with Crippen LogP contribution >= 0.6 is 22.9 Å². The molecule has 0 radical (unpaired) electrons. The smallest absolute Gasteiger partial charge is 0.323 e.